The topological polar surface area (TPSA) is 65.9 Å². The maximum absolute atomic E-state index is 12.3. The van der Waals surface area contributed by atoms with Crippen molar-refractivity contribution in [3.63, 3.8) is 0 Å². The van der Waals surface area contributed by atoms with Gasteiger partial charge >= 0.3 is 0 Å². The van der Waals surface area contributed by atoms with Crippen LogP contribution in [0.25, 0.3) is 0 Å². The van der Waals surface area contributed by atoms with E-state index in [1.54, 1.807) is 19.1 Å². The van der Waals surface area contributed by atoms with Crippen LogP contribution in [0.3, 0.4) is 0 Å². The molecule has 0 aromatic heterocycles. The number of nitrogens with one attached hydrogen (secondary N) is 3. The lowest BCUT2D eigenvalue weighted by Crippen LogP contribution is -3.06. The Kier molecular flexibility index (Phi) is 6.73. The van der Waals surface area contributed by atoms with Gasteiger partial charge in [0.2, 0.25) is 10.0 Å². The molecular formula is C14H25N4O2S2+. The number of sulfonamides is 1. The summed E-state index contributed by atoms with van der Waals surface area (Å²) in [5.41, 5.74) is 1.36. The van der Waals surface area contributed by atoms with Gasteiger partial charge in [-0.3, -0.25) is 0 Å². The average molecular weight is 346 g/mol. The molecule has 0 bridgehead atoms. The Bertz CT molecular complexity index is 628. The van der Waals surface area contributed by atoms with Gasteiger partial charge in [0.05, 0.1) is 32.1 Å². The number of aryl methyl sites for hydroxylation is 1. The molecule has 1 aromatic carbocycles. The molecule has 0 radical (unpaired) electrons. The molecule has 0 aliphatic rings. The number of anilines is 1. The summed E-state index contributed by atoms with van der Waals surface area (Å²) in [5.74, 6) is 0. The summed E-state index contributed by atoms with van der Waals surface area (Å²) >= 11 is 5.22. The summed E-state index contributed by atoms with van der Waals surface area (Å²) < 4.78 is 25.8. The van der Waals surface area contributed by atoms with E-state index in [0.717, 1.165) is 13.1 Å². The maximum atomic E-state index is 12.3. The van der Waals surface area contributed by atoms with Crippen LogP contribution in [0, 0.1) is 6.92 Å². The Morgan fingerprint density at radius 3 is 2.50 bits per heavy atom. The number of hydrogen-bond donors (Lipinski definition) is 3. The summed E-state index contributed by atoms with van der Waals surface area (Å²) in [6.07, 6.45) is 0. The Morgan fingerprint density at radius 1 is 1.32 bits per heavy atom. The second-order valence-electron chi connectivity index (χ2n) is 5.61. The fraction of sp³-hybridized carbons (Fsp3) is 0.500. The fourth-order valence-corrected chi connectivity index (χ4v) is 3.12. The van der Waals surface area contributed by atoms with Gasteiger partial charge in [0.1, 0.15) is 0 Å². The van der Waals surface area contributed by atoms with Crippen molar-refractivity contribution in [3.8, 4) is 0 Å². The maximum Gasteiger partial charge on any atom is 0.242 e. The number of thiocarbonyl (C=S) groups is 1. The lowest BCUT2D eigenvalue weighted by atomic mass is 10.2. The van der Waals surface area contributed by atoms with E-state index in [9.17, 15) is 8.42 Å². The van der Waals surface area contributed by atoms with Gasteiger partial charge in [0.15, 0.2) is 5.11 Å². The van der Waals surface area contributed by atoms with E-state index in [1.165, 1.54) is 23.3 Å². The van der Waals surface area contributed by atoms with Gasteiger partial charge in [-0.05, 0) is 36.8 Å². The minimum atomic E-state index is -3.47. The molecule has 22 heavy (non-hydrogen) atoms. The van der Waals surface area contributed by atoms with Crippen molar-refractivity contribution < 1.29 is 13.3 Å². The zero-order chi connectivity index (χ0) is 16.9. The fourth-order valence-electron chi connectivity index (χ4n) is 1.75. The largest absolute Gasteiger partial charge is 0.357 e. The first-order chi connectivity index (χ1) is 10.1. The third kappa shape index (κ3) is 5.20. The molecule has 8 heteroatoms. The number of rotatable bonds is 6. The van der Waals surface area contributed by atoms with Crippen LogP contribution in [0.5, 0.6) is 0 Å². The number of likely N-dealkylation sites (N-methyl/N-ethyl adjacent to an activating group) is 1. The van der Waals surface area contributed by atoms with Crippen molar-refractivity contribution in [1.82, 2.24) is 9.62 Å². The van der Waals surface area contributed by atoms with Crippen LogP contribution in [0.2, 0.25) is 0 Å². The number of nitrogens with zero attached hydrogens (tertiary/aromatic N) is 1. The molecule has 0 unspecified atom stereocenters. The third-order valence-corrected chi connectivity index (χ3v) is 5.32. The SMILES string of the molecule is Cc1ccc(NC(=S)NCC[NH+](C)C)cc1S(=O)(=O)N(C)C. The molecular weight excluding hydrogens is 320 g/mol. The van der Waals surface area contributed by atoms with E-state index in [2.05, 4.69) is 24.7 Å². The van der Waals surface area contributed by atoms with Crippen molar-refractivity contribution in [2.24, 2.45) is 0 Å². The standard InChI is InChI=1S/C14H24N4O2S2/c1-11-6-7-12(10-13(11)22(19,20)18(4)5)16-14(21)15-8-9-17(2)3/h6-7,10H,8-9H2,1-5H3,(H2,15,16,21)/p+1. The Labute approximate surface area is 138 Å². The second kappa shape index (κ2) is 7.87. The van der Waals surface area contributed by atoms with Crippen LogP contribution in [0.4, 0.5) is 5.69 Å². The van der Waals surface area contributed by atoms with Crippen molar-refractivity contribution in [2.75, 3.05) is 46.6 Å². The summed E-state index contributed by atoms with van der Waals surface area (Å²) in [7, 11) is 3.70. The molecule has 0 amide bonds. The van der Waals surface area contributed by atoms with E-state index >= 15 is 0 Å². The predicted octanol–water partition coefficient (Wildman–Crippen LogP) is -0.324. The van der Waals surface area contributed by atoms with Crippen LogP contribution in [0.15, 0.2) is 23.1 Å². The molecule has 0 fully saturated rings. The molecule has 0 aliphatic carbocycles. The molecule has 0 saturated heterocycles. The van der Waals surface area contributed by atoms with E-state index in [4.69, 9.17) is 12.2 Å². The molecule has 6 nitrogen and oxygen atoms in total. The van der Waals surface area contributed by atoms with Crippen LogP contribution >= 0.6 is 12.2 Å². The zero-order valence-electron chi connectivity index (χ0n) is 13.7. The van der Waals surface area contributed by atoms with E-state index in [0.29, 0.717) is 16.4 Å². The molecule has 0 aliphatic heterocycles. The molecule has 0 atom stereocenters. The third-order valence-electron chi connectivity index (χ3n) is 3.12. The highest BCUT2D eigenvalue weighted by Gasteiger charge is 2.20. The van der Waals surface area contributed by atoms with Gasteiger partial charge < -0.3 is 15.5 Å². The first-order valence-corrected chi connectivity index (χ1v) is 8.86. The summed E-state index contributed by atoms with van der Waals surface area (Å²) in [6.45, 7) is 3.47. The van der Waals surface area contributed by atoms with Gasteiger partial charge in [0.25, 0.3) is 0 Å². The molecule has 0 saturated carbocycles. The Balaban J connectivity index is 2.84. The highest BCUT2D eigenvalue weighted by atomic mass is 32.2. The van der Waals surface area contributed by atoms with Gasteiger partial charge in [0, 0.05) is 19.8 Å². The summed E-state index contributed by atoms with van der Waals surface area (Å²) in [5, 5.41) is 6.60. The minimum Gasteiger partial charge on any atom is -0.357 e. The minimum absolute atomic E-state index is 0.281. The van der Waals surface area contributed by atoms with Crippen LogP contribution in [-0.4, -0.2) is 59.1 Å². The first-order valence-electron chi connectivity index (χ1n) is 7.01. The number of benzene rings is 1. The van der Waals surface area contributed by atoms with Crippen LogP contribution in [-0.2, 0) is 10.0 Å². The van der Waals surface area contributed by atoms with E-state index < -0.39 is 10.0 Å². The van der Waals surface area contributed by atoms with E-state index in [-0.39, 0.29) is 4.90 Å². The first kappa shape index (κ1) is 18.8. The molecule has 0 spiro atoms. The smallest absolute Gasteiger partial charge is 0.242 e. The van der Waals surface area contributed by atoms with Gasteiger partial charge in [-0.1, -0.05) is 6.07 Å². The van der Waals surface area contributed by atoms with Gasteiger partial charge in [-0.25, -0.2) is 12.7 Å². The molecule has 124 valence electrons. The van der Waals surface area contributed by atoms with Crippen LogP contribution in [0.1, 0.15) is 5.56 Å². The number of quaternary nitrogens is 1. The second-order valence-corrected chi connectivity index (χ2v) is 8.13. The monoisotopic (exact) mass is 345 g/mol. The quantitative estimate of drug-likeness (QED) is 0.617. The molecule has 0 heterocycles. The van der Waals surface area contributed by atoms with Crippen molar-refractivity contribution in [2.45, 2.75) is 11.8 Å². The highest BCUT2D eigenvalue weighted by Crippen LogP contribution is 2.22. The molecule has 1 rings (SSSR count). The van der Waals surface area contributed by atoms with Crippen molar-refractivity contribution >= 4 is 33.0 Å². The van der Waals surface area contributed by atoms with Gasteiger partial charge in [-0.15, -0.1) is 0 Å². The summed E-state index contributed by atoms with van der Waals surface area (Å²) in [6, 6.07) is 5.19. The molecule has 3 N–H and O–H groups in total. The van der Waals surface area contributed by atoms with Gasteiger partial charge in [-0.2, -0.15) is 0 Å². The van der Waals surface area contributed by atoms with E-state index in [1.807, 2.05) is 6.07 Å². The lowest BCUT2D eigenvalue weighted by Gasteiger charge is -2.16. The zero-order valence-corrected chi connectivity index (χ0v) is 15.4. The Hall–Kier alpha value is -1.22. The highest BCUT2D eigenvalue weighted by molar-refractivity contribution is 7.89. The normalized spacial score (nSPS) is 11.8. The Morgan fingerprint density at radius 2 is 1.95 bits per heavy atom. The average Bonchev–Trinajstić information content (AvgIpc) is 2.40. The number of hydrogen-bond acceptors (Lipinski definition) is 3. The lowest BCUT2D eigenvalue weighted by molar-refractivity contribution is -0.856. The summed E-state index contributed by atoms with van der Waals surface area (Å²) in [4.78, 5) is 1.60. The van der Waals surface area contributed by atoms with Crippen LogP contribution < -0.4 is 15.5 Å². The van der Waals surface area contributed by atoms with Crippen molar-refractivity contribution in [3.05, 3.63) is 23.8 Å². The van der Waals surface area contributed by atoms with Crippen molar-refractivity contribution in [1.29, 1.82) is 0 Å². The molecule has 1 aromatic rings. The predicted molar refractivity (Wildman–Crippen MR) is 94.0 cm³/mol.